The molecule has 0 aliphatic rings. The van der Waals surface area contributed by atoms with Crippen molar-refractivity contribution in [1.82, 2.24) is 4.90 Å². The molecule has 20 heavy (non-hydrogen) atoms. The molecular formula is C16H27N3O. The van der Waals surface area contributed by atoms with Crippen molar-refractivity contribution >= 4 is 17.3 Å². The van der Waals surface area contributed by atoms with Crippen molar-refractivity contribution in [1.29, 1.82) is 0 Å². The predicted molar refractivity (Wildman–Crippen MR) is 85.7 cm³/mol. The third kappa shape index (κ3) is 6.57. The molecule has 0 atom stereocenters. The molecule has 3 N–H and O–H groups in total. The molecule has 0 heterocycles. The highest BCUT2D eigenvalue weighted by atomic mass is 16.1. The first-order valence-electron chi connectivity index (χ1n) is 7.53. The number of rotatable bonds is 9. The van der Waals surface area contributed by atoms with Crippen LogP contribution in [0.2, 0.25) is 0 Å². The van der Waals surface area contributed by atoms with Gasteiger partial charge in [0.2, 0.25) is 5.91 Å². The topological polar surface area (TPSA) is 58.4 Å². The number of anilines is 2. The van der Waals surface area contributed by atoms with E-state index in [1.807, 2.05) is 12.1 Å². The first-order chi connectivity index (χ1) is 9.65. The van der Waals surface area contributed by atoms with E-state index in [1.54, 1.807) is 12.1 Å². The largest absolute Gasteiger partial charge is 0.399 e. The average Bonchev–Trinajstić information content (AvgIpc) is 2.42. The van der Waals surface area contributed by atoms with Gasteiger partial charge in [-0.1, -0.05) is 13.8 Å². The molecule has 0 aliphatic carbocycles. The van der Waals surface area contributed by atoms with Gasteiger partial charge in [-0.2, -0.15) is 0 Å². The molecule has 0 bridgehead atoms. The first-order valence-corrected chi connectivity index (χ1v) is 7.53. The lowest BCUT2D eigenvalue weighted by molar-refractivity contribution is -0.116. The van der Waals surface area contributed by atoms with Crippen LogP contribution >= 0.6 is 0 Å². The van der Waals surface area contributed by atoms with Gasteiger partial charge in [0.05, 0.1) is 0 Å². The minimum absolute atomic E-state index is 0.0720. The summed E-state index contributed by atoms with van der Waals surface area (Å²) >= 11 is 0. The Morgan fingerprint density at radius 1 is 1.10 bits per heavy atom. The van der Waals surface area contributed by atoms with Crippen LogP contribution in [0.1, 0.15) is 39.5 Å². The molecule has 4 heteroatoms. The highest BCUT2D eigenvalue weighted by Crippen LogP contribution is 2.11. The fraction of sp³-hybridized carbons (Fsp3) is 0.562. The Balaban J connectivity index is 2.26. The number of benzene rings is 1. The molecule has 0 saturated carbocycles. The average molecular weight is 277 g/mol. The maximum Gasteiger partial charge on any atom is 0.224 e. The van der Waals surface area contributed by atoms with Crippen molar-refractivity contribution < 1.29 is 4.79 Å². The summed E-state index contributed by atoms with van der Waals surface area (Å²) in [7, 11) is 0. The predicted octanol–water partition coefficient (Wildman–Crippen LogP) is 3.11. The van der Waals surface area contributed by atoms with Crippen LogP contribution in [0, 0.1) is 0 Å². The number of hydrogen-bond acceptors (Lipinski definition) is 3. The minimum Gasteiger partial charge on any atom is -0.399 e. The number of amides is 1. The Morgan fingerprint density at radius 3 is 2.25 bits per heavy atom. The summed E-state index contributed by atoms with van der Waals surface area (Å²) in [4.78, 5) is 14.3. The molecule has 4 nitrogen and oxygen atoms in total. The van der Waals surface area contributed by atoms with Crippen molar-refractivity contribution in [2.75, 3.05) is 30.7 Å². The maximum atomic E-state index is 11.8. The summed E-state index contributed by atoms with van der Waals surface area (Å²) in [5.74, 6) is 0.0720. The van der Waals surface area contributed by atoms with Gasteiger partial charge in [-0.3, -0.25) is 4.79 Å². The second-order valence-electron chi connectivity index (χ2n) is 5.12. The SMILES string of the molecule is CCCN(CCC)CCCC(=O)Nc1ccc(N)cc1. The van der Waals surface area contributed by atoms with Gasteiger partial charge >= 0.3 is 0 Å². The minimum atomic E-state index is 0.0720. The molecule has 0 fully saturated rings. The smallest absolute Gasteiger partial charge is 0.224 e. The fourth-order valence-electron chi connectivity index (χ4n) is 2.22. The van der Waals surface area contributed by atoms with E-state index < -0.39 is 0 Å². The van der Waals surface area contributed by atoms with Crippen molar-refractivity contribution in [3.8, 4) is 0 Å². The zero-order chi connectivity index (χ0) is 14.8. The van der Waals surface area contributed by atoms with E-state index in [0.29, 0.717) is 12.1 Å². The number of hydrogen-bond donors (Lipinski definition) is 2. The van der Waals surface area contributed by atoms with Crippen molar-refractivity contribution in [2.45, 2.75) is 39.5 Å². The van der Waals surface area contributed by atoms with Gasteiger partial charge in [0.25, 0.3) is 0 Å². The quantitative estimate of drug-likeness (QED) is 0.682. The molecule has 1 rings (SSSR count). The monoisotopic (exact) mass is 277 g/mol. The Hall–Kier alpha value is -1.55. The normalized spacial score (nSPS) is 10.8. The lowest BCUT2D eigenvalue weighted by Crippen LogP contribution is -2.27. The standard InChI is InChI=1S/C16H27N3O/c1-3-11-19(12-4-2)13-5-6-16(20)18-15-9-7-14(17)8-10-15/h7-10H,3-6,11-13,17H2,1-2H3,(H,18,20). The van der Waals surface area contributed by atoms with Crippen LogP contribution in [-0.2, 0) is 4.79 Å². The van der Waals surface area contributed by atoms with Crippen LogP contribution in [0.25, 0.3) is 0 Å². The van der Waals surface area contributed by atoms with Gasteiger partial charge in [-0.15, -0.1) is 0 Å². The summed E-state index contributed by atoms with van der Waals surface area (Å²) in [5.41, 5.74) is 7.12. The van der Waals surface area contributed by atoms with Crippen LogP contribution in [0.3, 0.4) is 0 Å². The Morgan fingerprint density at radius 2 is 1.70 bits per heavy atom. The third-order valence-electron chi connectivity index (χ3n) is 3.15. The number of nitrogens with zero attached hydrogens (tertiary/aromatic N) is 1. The van der Waals surface area contributed by atoms with Crippen molar-refractivity contribution in [3.63, 3.8) is 0 Å². The van der Waals surface area contributed by atoms with E-state index in [2.05, 4.69) is 24.1 Å². The van der Waals surface area contributed by atoms with Gasteiger partial charge in [-0.25, -0.2) is 0 Å². The zero-order valence-electron chi connectivity index (χ0n) is 12.7. The third-order valence-corrected chi connectivity index (χ3v) is 3.15. The van der Waals surface area contributed by atoms with E-state index >= 15 is 0 Å². The van der Waals surface area contributed by atoms with Crippen LogP contribution in [0.5, 0.6) is 0 Å². The Bertz CT molecular complexity index is 383. The van der Waals surface area contributed by atoms with Crippen LogP contribution in [0.4, 0.5) is 11.4 Å². The fourth-order valence-corrected chi connectivity index (χ4v) is 2.22. The molecule has 1 amide bonds. The molecule has 0 radical (unpaired) electrons. The molecular weight excluding hydrogens is 250 g/mol. The molecule has 112 valence electrons. The summed E-state index contributed by atoms with van der Waals surface area (Å²) in [5, 5.41) is 2.89. The van der Waals surface area contributed by atoms with Crippen LogP contribution in [-0.4, -0.2) is 30.4 Å². The van der Waals surface area contributed by atoms with E-state index in [-0.39, 0.29) is 5.91 Å². The second-order valence-corrected chi connectivity index (χ2v) is 5.12. The molecule has 0 saturated heterocycles. The van der Waals surface area contributed by atoms with Gasteiger partial charge in [0, 0.05) is 17.8 Å². The zero-order valence-corrected chi connectivity index (χ0v) is 12.7. The molecule has 0 aromatic heterocycles. The Kier molecular flexibility index (Phi) is 7.73. The van der Waals surface area contributed by atoms with Crippen LogP contribution < -0.4 is 11.1 Å². The first kappa shape index (κ1) is 16.5. The number of carbonyl (C=O) groups excluding carboxylic acids is 1. The number of nitrogens with two attached hydrogens (primary N) is 1. The number of carbonyl (C=O) groups is 1. The van der Waals surface area contributed by atoms with Gasteiger partial charge in [0.15, 0.2) is 0 Å². The van der Waals surface area contributed by atoms with Crippen molar-refractivity contribution in [3.05, 3.63) is 24.3 Å². The second kappa shape index (κ2) is 9.37. The van der Waals surface area contributed by atoms with E-state index in [4.69, 9.17) is 5.73 Å². The molecule has 1 aromatic rings. The van der Waals surface area contributed by atoms with E-state index in [1.165, 1.54) is 0 Å². The summed E-state index contributed by atoms with van der Waals surface area (Å²) in [6.45, 7) is 7.62. The van der Waals surface area contributed by atoms with Crippen LogP contribution in [0.15, 0.2) is 24.3 Å². The lowest BCUT2D eigenvalue weighted by Gasteiger charge is -2.20. The molecule has 0 unspecified atom stereocenters. The highest BCUT2D eigenvalue weighted by molar-refractivity contribution is 5.90. The van der Waals surface area contributed by atoms with E-state index in [0.717, 1.165) is 44.6 Å². The van der Waals surface area contributed by atoms with E-state index in [9.17, 15) is 4.79 Å². The number of nitrogens with one attached hydrogen (secondary N) is 1. The summed E-state index contributed by atoms with van der Waals surface area (Å²) < 4.78 is 0. The highest BCUT2D eigenvalue weighted by Gasteiger charge is 2.06. The molecule has 1 aromatic carbocycles. The maximum absolute atomic E-state index is 11.8. The van der Waals surface area contributed by atoms with Gasteiger partial charge in [-0.05, 0) is 63.2 Å². The summed E-state index contributed by atoms with van der Waals surface area (Å²) in [6, 6.07) is 7.24. The van der Waals surface area contributed by atoms with Gasteiger partial charge < -0.3 is 16.0 Å². The van der Waals surface area contributed by atoms with Gasteiger partial charge in [0.1, 0.15) is 0 Å². The molecule has 0 aliphatic heterocycles. The van der Waals surface area contributed by atoms with Crippen molar-refractivity contribution in [2.24, 2.45) is 0 Å². The summed E-state index contributed by atoms with van der Waals surface area (Å²) in [6.07, 6.45) is 3.80. The lowest BCUT2D eigenvalue weighted by atomic mass is 10.2. The molecule has 0 spiro atoms. The Labute approximate surface area is 122 Å². The number of nitrogen functional groups attached to an aromatic ring is 1.